The van der Waals surface area contributed by atoms with Crippen LogP contribution in [0, 0.1) is 0 Å². The molecule has 0 aliphatic heterocycles. The molecule has 0 unspecified atom stereocenters. The van der Waals surface area contributed by atoms with E-state index in [-0.39, 0.29) is 12.5 Å². The molecular formula is C10H15N3O3. The number of hydrogen-bond donors (Lipinski definition) is 2. The summed E-state index contributed by atoms with van der Waals surface area (Å²) in [5, 5.41) is 2.45. The first-order chi connectivity index (χ1) is 7.54. The fourth-order valence-electron chi connectivity index (χ4n) is 1.27. The summed E-state index contributed by atoms with van der Waals surface area (Å²) in [5.41, 5.74) is 6.44. The summed E-state index contributed by atoms with van der Waals surface area (Å²) >= 11 is 0. The van der Waals surface area contributed by atoms with Gasteiger partial charge in [-0.2, -0.15) is 0 Å². The number of carbonyl (C=O) groups excluding carboxylic acids is 2. The smallest absolute Gasteiger partial charge is 0.325 e. The topological polar surface area (TPSA) is 86.3 Å². The average molecular weight is 225 g/mol. The number of hydrogen-bond acceptors (Lipinski definition) is 4. The van der Waals surface area contributed by atoms with Gasteiger partial charge in [0.25, 0.3) is 5.91 Å². The Morgan fingerprint density at radius 1 is 1.56 bits per heavy atom. The fourth-order valence-corrected chi connectivity index (χ4v) is 1.27. The summed E-state index contributed by atoms with van der Waals surface area (Å²) < 4.78 is 6.27. The number of aromatic nitrogens is 1. The summed E-state index contributed by atoms with van der Waals surface area (Å²) in [4.78, 5) is 22.6. The van der Waals surface area contributed by atoms with Crippen LogP contribution in [0.1, 0.15) is 17.4 Å². The third-order valence-corrected chi connectivity index (χ3v) is 1.96. The molecule has 0 fully saturated rings. The Labute approximate surface area is 93.4 Å². The largest absolute Gasteiger partial charge is 0.465 e. The zero-order valence-corrected chi connectivity index (χ0v) is 9.32. The molecule has 6 heteroatoms. The molecule has 0 saturated heterocycles. The first kappa shape index (κ1) is 12.1. The van der Waals surface area contributed by atoms with Crippen LogP contribution in [-0.2, 0) is 16.6 Å². The Morgan fingerprint density at radius 2 is 2.25 bits per heavy atom. The Hall–Kier alpha value is -1.98. The molecule has 1 amide bonds. The predicted octanol–water partition coefficient (Wildman–Crippen LogP) is -0.0998. The van der Waals surface area contributed by atoms with Crippen molar-refractivity contribution in [3.05, 3.63) is 18.0 Å². The van der Waals surface area contributed by atoms with Crippen molar-refractivity contribution in [2.24, 2.45) is 7.05 Å². The van der Waals surface area contributed by atoms with Crippen LogP contribution in [0.5, 0.6) is 0 Å². The Morgan fingerprint density at radius 3 is 2.75 bits per heavy atom. The highest BCUT2D eigenvalue weighted by Gasteiger charge is 2.12. The summed E-state index contributed by atoms with van der Waals surface area (Å²) in [6.07, 6.45) is 1.62. The number of amides is 1. The fraction of sp³-hybridized carbons (Fsp3) is 0.400. The van der Waals surface area contributed by atoms with E-state index in [0.717, 1.165) is 0 Å². The maximum Gasteiger partial charge on any atom is 0.325 e. The molecule has 1 rings (SSSR count). The van der Waals surface area contributed by atoms with Crippen LogP contribution in [0.3, 0.4) is 0 Å². The number of nitrogens with zero attached hydrogens (tertiary/aromatic N) is 1. The Bertz CT molecular complexity index is 398. The summed E-state index contributed by atoms with van der Waals surface area (Å²) in [5.74, 6) is -0.815. The SMILES string of the molecule is CCOC(=O)CNC(=O)c1cc(N)cn1C. The van der Waals surface area contributed by atoms with Gasteiger partial charge in [-0.1, -0.05) is 0 Å². The number of anilines is 1. The summed E-state index contributed by atoms with van der Waals surface area (Å²) in [6.45, 7) is 1.86. The van der Waals surface area contributed by atoms with Crippen molar-refractivity contribution in [3.8, 4) is 0 Å². The lowest BCUT2D eigenvalue weighted by Crippen LogP contribution is -2.31. The monoisotopic (exact) mass is 225 g/mol. The molecular weight excluding hydrogens is 210 g/mol. The van der Waals surface area contributed by atoms with Gasteiger partial charge in [0.2, 0.25) is 0 Å². The van der Waals surface area contributed by atoms with Gasteiger partial charge in [-0.05, 0) is 13.0 Å². The number of nitrogen functional groups attached to an aromatic ring is 1. The first-order valence-corrected chi connectivity index (χ1v) is 4.90. The van der Waals surface area contributed by atoms with Crippen LogP contribution in [0.4, 0.5) is 5.69 Å². The van der Waals surface area contributed by atoms with E-state index in [4.69, 9.17) is 5.73 Å². The van der Waals surface area contributed by atoms with Gasteiger partial charge >= 0.3 is 5.97 Å². The minimum atomic E-state index is -0.460. The molecule has 0 radical (unpaired) electrons. The second-order valence-electron chi connectivity index (χ2n) is 3.26. The molecule has 0 aliphatic rings. The second kappa shape index (κ2) is 5.20. The zero-order chi connectivity index (χ0) is 12.1. The standard InChI is InChI=1S/C10H15N3O3/c1-3-16-9(14)5-12-10(15)8-4-7(11)6-13(8)2/h4,6H,3,5,11H2,1-2H3,(H,12,15). The van der Waals surface area contributed by atoms with Gasteiger partial charge in [0.15, 0.2) is 0 Å². The third kappa shape index (κ3) is 3.01. The van der Waals surface area contributed by atoms with E-state index in [1.54, 1.807) is 30.8 Å². The van der Waals surface area contributed by atoms with E-state index >= 15 is 0 Å². The number of ether oxygens (including phenoxy) is 1. The van der Waals surface area contributed by atoms with Crippen molar-refractivity contribution >= 4 is 17.6 Å². The van der Waals surface area contributed by atoms with E-state index in [1.165, 1.54) is 0 Å². The predicted molar refractivity (Wildman–Crippen MR) is 58.8 cm³/mol. The van der Waals surface area contributed by atoms with Gasteiger partial charge in [0, 0.05) is 13.2 Å². The molecule has 3 N–H and O–H groups in total. The molecule has 0 spiro atoms. The van der Waals surface area contributed by atoms with E-state index in [1.807, 2.05) is 0 Å². The lowest BCUT2D eigenvalue weighted by atomic mass is 10.4. The molecule has 6 nitrogen and oxygen atoms in total. The third-order valence-electron chi connectivity index (χ3n) is 1.96. The van der Waals surface area contributed by atoms with Crippen molar-refractivity contribution in [1.82, 2.24) is 9.88 Å². The maximum absolute atomic E-state index is 11.6. The van der Waals surface area contributed by atoms with Crippen LogP contribution in [-0.4, -0.2) is 29.6 Å². The lowest BCUT2D eigenvalue weighted by Gasteiger charge is -2.05. The van der Waals surface area contributed by atoms with E-state index < -0.39 is 5.97 Å². The lowest BCUT2D eigenvalue weighted by molar-refractivity contribution is -0.141. The molecule has 1 aromatic rings. The van der Waals surface area contributed by atoms with Gasteiger partial charge in [0.05, 0.1) is 12.3 Å². The van der Waals surface area contributed by atoms with Crippen molar-refractivity contribution < 1.29 is 14.3 Å². The molecule has 1 heterocycles. The molecule has 0 aliphatic carbocycles. The second-order valence-corrected chi connectivity index (χ2v) is 3.26. The minimum absolute atomic E-state index is 0.141. The molecule has 0 aromatic carbocycles. The zero-order valence-electron chi connectivity index (χ0n) is 9.32. The van der Waals surface area contributed by atoms with Crippen LogP contribution < -0.4 is 11.1 Å². The normalized spacial score (nSPS) is 9.88. The van der Waals surface area contributed by atoms with E-state index in [2.05, 4.69) is 10.1 Å². The van der Waals surface area contributed by atoms with Crippen molar-refractivity contribution in [3.63, 3.8) is 0 Å². The molecule has 0 atom stereocenters. The number of aryl methyl sites for hydroxylation is 1. The highest BCUT2D eigenvalue weighted by molar-refractivity contribution is 5.95. The van der Waals surface area contributed by atoms with Crippen LogP contribution in [0.2, 0.25) is 0 Å². The quantitative estimate of drug-likeness (QED) is 0.700. The number of rotatable bonds is 4. The van der Waals surface area contributed by atoms with Gasteiger partial charge < -0.3 is 20.4 Å². The Kier molecular flexibility index (Phi) is 3.93. The summed E-state index contributed by atoms with van der Waals surface area (Å²) in [7, 11) is 1.70. The van der Waals surface area contributed by atoms with Crippen molar-refractivity contribution in [1.29, 1.82) is 0 Å². The molecule has 0 bridgehead atoms. The first-order valence-electron chi connectivity index (χ1n) is 4.90. The van der Waals surface area contributed by atoms with Crippen LogP contribution in [0.15, 0.2) is 12.3 Å². The molecule has 88 valence electrons. The summed E-state index contributed by atoms with van der Waals surface area (Å²) in [6, 6.07) is 1.54. The molecule has 16 heavy (non-hydrogen) atoms. The van der Waals surface area contributed by atoms with Crippen LogP contribution in [0.25, 0.3) is 0 Å². The number of nitrogens with one attached hydrogen (secondary N) is 1. The van der Waals surface area contributed by atoms with Crippen LogP contribution >= 0.6 is 0 Å². The van der Waals surface area contributed by atoms with Crippen molar-refractivity contribution in [2.45, 2.75) is 6.92 Å². The highest BCUT2D eigenvalue weighted by Crippen LogP contribution is 2.07. The van der Waals surface area contributed by atoms with Gasteiger partial charge in [-0.3, -0.25) is 9.59 Å². The van der Waals surface area contributed by atoms with Crippen molar-refractivity contribution in [2.75, 3.05) is 18.9 Å². The molecule has 1 aromatic heterocycles. The number of carbonyl (C=O) groups is 2. The van der Waals surface area contributed by atoms with Gasteiger partial charge in [-0.15, -0.1) is 0 Å². The van der Waals surface area contributed by atoms with Gasteiger partial charge in [0.1, 0.15) is 12.2 Å². The highest BCUT2D eigenvalue weighted by atomic mass is 16.5. The number of nitrogens with two attached hydrogens (primary N) is 1. The minimum Gasteiger partial charge on any atom is -0.465 e. The molecule has 0 saturated carbocycles. The van der Waals surface area contributed by atoms with E-state index in [0.29, 0.717) is 18.0 Å². The van der Waals surface area contributed by atoms with E-state index in [9.17, 15) is 9.59 Å². The van der Waals surface area contributed by atoms with Gasteiger partial charge in [-0.25, -0.2) is 0 Å². The Balaban J connectivity index is 2.53. The maximum atomic E-state index is 11.6. The number of esters is 1. The average Bonchev–Trinajstić information content (AvgIpc) is 2.55.